The Morgan fingerprint density at radius 2 is 1.66 bits per heavy atom. The van der Waals surface area contributed by atoms with Crippen molar-refractivity contribution in [2.75, 3.05) is 5.01 Å². The summed E-state index contributed by atoms with van der Waals surface area (Å²) in [5.74, 6) is -0.372. The van der Waals surface area contributed by atoms with Crippen molar-refractivity contribution in [1.82, 2.24) is 4.98 Å². The summed E-state index contributed by atoms with van der Waals surface area (Å²) < 4.78 is 0.984. The minimum atomic E-state index is -0.819. The minimum absolute atomic E-state index is 0.0652. The molecule has 7 nitrogen and oxygen atoms in total. The molecule has 2 heterocycles. The molecule has 1 unspecified atom stereocenters. The first kappa shape index (κ1) is 22.9. The largest absolute Gasteiger partial charge is 0.289 e. The smallest absolute Gasteiger partial charge is 0.282 e. The van der Waals surface area contributed by atoms with Gasteiger partial charge in [-0.05, 0) is 43.3 Å². The number of hydrogen-bond acceptors (Lipinski definition) is 7. The van der Waals surface area contributed by atoms with E-state index in [9.17, 15) is 9.59 Å². The maximum Gasteiger partial charge on any atom is 0.282 e. The van der Waals surface area contributed by atoms with E-state index < -0.39 is 6.04 Å². The van der Waals surface area contributed by atoms with Crippen LogP contribution in [0.4, 0.5) is 10.8 Å². The molecule has 0 N–H and O–H groups in total. The van der Waals surface area contributed by atoms with E-state index in [1.54, 1.807) is 43.3 Å². The summed E-state index contributed by atoms with van der Waals surface area (Å²) in [5, 5.41) is 16.5. The predicted molar refractivity (Wildman–Crippen MR) is 140 cm³/mol. The highest BCUT2D eigenvalue weighted by atomic mass is 79.9. The number of carbonyl (C=O) groups is 2. The van der Waals surface area contributed by atoms with Crippen molar-refractivity contribution in [1.29, 1.82) is 0 Å². The lowest BCUT2D eigenvalue weighted by Gasteiger charge is -2.08. The van der Waals surface area contributed by atoms with Crippen molar-refractivity contribution in [3.63, 3.8) is 0 Å². The van der Waals surface area contributed by atoms with E-state index in [-0.39, 0.29) is 11.7 Å². The zero-order chi connectivity index (χ0) is 24.4. The van der Waals surface area contributed by atoms with Gasteiger partial charge in [0.2, 0.25) is 5.13 Å². The Bertz CT molecular complexity index is 1450. The van der Waals surface area contributed by atoms with Crippen molar-refractivity contribution in [2.45, 2.75) is 13.0 Å². The first-order chi connectivity index (χ1) is 17.0. The standard InChI is InChI=1S/C26H18BrN5O2S/c1-16-23(30-29-21-13-9-19(10-14-21)24(33)18-5-3-2-4-6-18)25(34)32(31-16)26-28-22(15-35-26)17-7-11-20(27)12-8-17/h2-15,23H,1H3. The molecule has 3 aromatic carbocycles. The lowest BCUT2D eigenvalue weighted by Crippen LogP contribution is -2.29. The lowest BCUT2D eigenvalue weighted by molar-refractivity contribution is -0.117. The van der Waals surface area contributed by atoms with Gasteiger partial charge in [-0.25, -0.2) is 4.98 Å². The van der Waals surface area contributed by atoms with Crippen LogP contribution in [-0.2, 0) is 4.79 Å². The molecule has 0 fully saturated rings. The molecule has 0 bridgehead atoms. The number of rotatable bonds is 6. The molecule has 1 aliphatic heterocycles. The van der Waals surface area contributed by atoms with Gasteiger partial charge in [0.05, 0.1) is 17.1 Å². The Labute approximate surface area is 214 Å². The van der Waals surface area contributed by atoms with Gasteiger partial charge in [0, 0.05) is 26.5 Å². The fourth-order valence-corrected chi connectivity index (χ4v) is 4.55. The first-order valence-corrected chi connectivity index (χ1v) is 12.4. The van der Waals surface area contributed by atoms with Crippen LogP contribution in [0.25, 0.3) is 11.3 Å². The van der Waals surface area contributed by atoms with Gasteiger partial charge in [-0.15, -0.1) is 11.3 Å². The van der Waals surface area contributed by atoms with Gasteiger partial charge >= 0.3 is 0 Å². The molecule has 0 saturated heterocycles. The third kappa shape index (κ3) is 4.87. The maximum absolute atomic E-state index is 13.0. The Balaban J connectivity index is 1.28. The molecule has 4 aromatic rings. The second kappa shape index (κ2) is 9.81. The number of aromatic nitrogens is 1. The Kier molecular flexibility index (Phi) is 6.43. The molecule has 1 amide bonds. The highest BCUT2D eigenvalue weighted by Crippen LogP contribution is 2.31. The molecule has 5 rings (SSSR count). The molecule has 1 atom stereocenters. The van der Waals surface area contributed by atoms with Gasteiger partial charge in [0.25, 0.3) is 5.91 Å². The van der Waals surface area contributed by atoms with Crippen LogP contribution in [-0.4, -0.2) is 28.4 Å². The topological polar surface area (TPSA) is 87.3 Å². The molecule has 0 aliphatic carbocycles. The normalized spacial score (nSPS) is 15.6. The van der Waals surface area contributed by atoms with Crippen LogP contribution in [0.3, 0.4) is 0 Å². The van der Waals surface area contributed by atoms with E-state index in [0.29, 0.717) is 27.7 Å². The van der Waals surface area contributed by atoms with E-state index in [4.69, 9.17) is 0 Å². The van der Waals surface area contributed by atoms with Gasteiger partial charge < -0.3 is 0 Å². The van der Waals surface area contributed by atoms with Crippen LogP contribution in [0, 0.1) is 0 Å². The van der Waals surface area contributed by atoms with Gasteiger partial charge in [-0.1, -0.05) is 58.4 Å². The Morgan fingerprint density at radius 1 is 0.971 bits per heavy atom. The molecule has 1 aliphatic rings. The molecule has 0 spiro atoms. The Hall–Kier alpha value is -3.82. The molecule has 0 radical (unpaired) electrons. The average molecular weight is 544 g/mol. The van der Waals surface area contributed by atoms with E-state index in [0.717, 1.165) is 15.7 Å². The molecule has 35 heavy (non-hydrogen) atoms. The number of hydrogen-bond donors (Lipinski definition) is 0. The fraction of sp³-hybridized carbons (Fsp3) is 0.0769. The number of thiazole rings is 1. The molecule has 9 heteroatoms. The van der Waals surface area contributed by atoms with Crippen molar-refractivity contribution in [3.05, 3.63) is 99.8 Å². The second-order valence-electron chi connectivity index (χ2n) is 7.77. The number of halogens is 1. The summed E-state index contributed by atoms with van der Waals surface area (Å²) in [6, 6.07) is 22.9. The van der Waals surface area contributed by atoms with Crippen LogP contribution in [0.2, 0.25) is 0 Å². The number of azo groups is 1. The lowest BCUT2D eigenvalue weighted by atomic mass is 10.0. The number of anilines is 1. The summed E-state index contributed by atoms with van der Waals surface area (Å²) >= 11 is 4.77. The fourth-order valence-electron chi connectivity index (χ4n) is 3.50. The SMILES string of the molecule is CC1=NN(c2nc(-c3ccc(Br)cc3)cs2)C(=O)C1N=Nc1ccc(C(=O)c2ccccc2)cc1. The molecular weight excluding hydrogens is 526 g/mol. The molecule has 1 aromatic heterocycles. The maximum atomic E-state index is 13.0. The first-order valence-electron chi connectivity index (χ1n) is 10.7. The van der Waals surface area contributed by atoms with E-state index in [1.807, 2.05) is 47.8 Å². The molecule has 0 saturated carbocycles. The van der Waals surface area contributed by atoms with Crippen LogP contribution >= 0.6 is 27.3 Å². The Morgan fingerprint density at radius 3 is 2.37 bits per heavy atom. The number of nitrogens with zero attached hydrogens (tertiary/aromatic N) is 5. The molecule has 172 valence electrons. The summed E-state index contributed by atoms with van der Waals surface area (Å²) in [6.45, 7) is 1.74. The summed E-state index contributed by atoms with van der Waals surface area (Å²) in [5.41, 5.74) is 3.98. The van der Waals surface area contributed by atoms with Crippen molar-refractivity contribution in [3.8, 4) is 11.3 Å². The van der Waals surface area contributed by atoms with E-state index >= 15 is 0 Å². The van der Waals surface area contributed by atoms with Gasteiger partial charge in [-0.3, -0.25) is 9.59 Å². The van der Waals surface area contributed by atoms with E-state index in [2.05, 4.69) is 36.2 Å². The summed E-state index contributed by atoms with van der Waals surface area (Å²) in [6.07, 6.45) is 0. The zero-order valence-corrected chi connectivity index (χ0v) is 20.9. The van der Waals surface area contributed by atoms with Crippen LogP contribution in [0.5, 0.6) is 0 Å². The highest BCUT2D eigenvalue weighted by Gasteiger charge is 2.36. The van der Waals surface area contributed by atoms with Crippen LogP contribution < -0.4 is 5.01 Å². The quantitative estimate of drug-likeness (QED) is 0.200. The summed E-state index contributed by atoms with van der Waals surface area (Å²) in [7, 11) is 0. The zero-order valence-electron chi connectivity index (χ0n) is 18.5. The van der Waals surface area contributed by atoms with Crippen molar-refractivity contribution < 1.29 is 9.59 Å². The number of ketones is 1. The summed E-state index contributed by atoms with van der Waals surface area (Å²) in [4.78, 5) is 30.1. The number of hydrazone groups is 1. The van der Waals surface area contributed by atoms with Gasteiger partial charge in [0.15, 0.2) is 11.8 Å². The highest BCUT2D eigenvalue weighted by molar-refractivity contribution is 9.10. The van der Waals surface area contributed by atoms with Crippen molar-refractivity contribution in [2.24, 2.45) is 15.3 Å². The number of carbonyl (C=O) groups excluding carboxylic acids is 2. The predicted octanol–water partition coefficient (Wildman–Crippen LogP) is 6.68. The van der Waals surface area contributed by atoms with Gasteiger partial charge in [0.1, 0.15) is 0 Å². The monoisotopic (exact) mass is 543 g/mol. The van der Waals surface area contributed by atoms with Gasteiger partial charge in [-0.2, -0.15) is 20.3 Å². The molecular formula is C26H18BrN5O2S. The van der Waals surface area contributed by atoms with E-state index in [1.165, 1.54) is 16.3 Å². The minimum Gasteiger partial charge on any atom is -0.289 e. The number of amides is 1. The third-order valence-electron chi connectivity index (χ3n) is 5.36. The van der Waals surface area contributed by atoms with Crippen molar-refractivity contribution >= 4 is 55.5 Å². The van der Waals surface area contributed by atoms with Crippen LogP contribution in [0.15, 0.2) is 104 Å². The van der Waals surface area contributed by atoms with Crippen LogP contribution in [0.1, 0.15) is 22.8 Å². The average Bonchev–Trinajstić information content (AvgIpc) is 3.48. The third-order valence-corrected chi connectivity index (χ3v) is 6.71. The second-order valence-corrected chi connectivity index (χ2v) is 9.53. The number of benzene rings is 3.